The minimum Gasteiger partial charge on any atom is -0.326 e. The lowest BCUT2D eigenvalue weighted by Gasteiger charge is -2.06. The lowest BCUT2D eigenvalue weighted by Crippen LogP contribution is -2.05. The summed E-state index contributed by atoms with van der Waals surface area (Å²) in [6, 6.07) is 11.0. The molecule has 2 rings (SSSR count). The minimum absolute atomic E-state index is 0.119. The molecule has 1 aromatic carbocycles. The molecule has 0 radical (unpaired) electrons. The van der Waals surface area contributed by atoms with E-state index in [9.17, 15) is 4.79 Å². The van der Waals surface area contributed by atoms with Gasteiger partial charge in [-0.05, 0) is 30.3 Å². The van der Waals surface area contributed by atoms with Gasteiger partial charge in [0.25, 0.3) is 0 Å². The summed E-state index contributed by atoms with van der Waals surface area (Å²) in [6.07, 6.45) is 1.72. The minimum atomic E-state index is -0.119. The van der Waals surface area contributed by atoms with Gasteiger partial charge >= 0.3 is 0 Å². The fourth-order valence-electron chi connectivity index (χ4n) is 1.53. The van der Waals surface area contributed by atoms with Crippen molar-refractivity contribution in [1.29, 1.82) is 0 Å². The predicted molar refractivity (Wildman–Crippen MR) is 69.0 cm³/mol. The summed E-state index contributed by atoms with van der Waals surface area (Å²) in [5.41, 5.74) is 2.34. The summed E-state index contributed by atoms with van der Waals surface area (Å²) in [7, 11) is 0. The lowest BCUT2D eigenvalue weighted by atomic mass is 10.1. The van der Waals surface area contributed by atoms with Crippen LogP contribution in [0.25, 0.3) is 11.3 Å². The Morgan fingerprint density at radius 2 is 2.12 bits per heavy atom. The van der Waals surface area contributed by atoms with Crippen LogP contribution in [-0.4, -0.2) is 10.9 Å². The van der Waals surface area contributed by atoms with E-state index in [2.05, 4.69) is 10.3 Å². The van der Waals surface area contributed by atoms with E-state index in [0.29, 0.717) is 10.7 Å². The Labute approximate surface area is 104 Å². The maximum absolute atomic E-state index is 10.9. The highest BCUT2D eigenvalue weighted by Crippen LogP contribution is 2.28. The van der Waals surface area contributed by atoms with Crippen LogP contribution in [0.5, 0.6) is 0 Å². The molecule has 2 aromatic rings. The third-order valence-electron chi connectivity index (χ3n) is 2.23. The van der Waals surface area contributed by atoms with Crippen molar-refractivity contribution >= 4 is 23.2 Å². The zero-order valence-corrected chi connectivity index (χ0v) is 10.0. The summed E-state index contributed by atoms with van der Waals surface area (Å²) in [4.78, 5) is 15.1. The van der Waals surface area contributed by atoms with Crippen molar-refractivity contribution in [1.82, 2.24) is 4.98 Å². The summed E-state index contributed by atoms with van der Waals surface area (Å²) in [6.45, 7) is 1.46. The van der Waals surface area contributed by atoms with Crippen LogP contribution in [-0.2, 0) is 4.79 Å². The maximum atomic E-state index is 10.9. The first kappa shape index (κ1) is 11.6. The molecule has 0 fully saturated rings. The summed E-state index contributed by atoms with van der Waals surface area (Å²) < 4.78 is 0. The molecule has 86 valence electrons. The second-order valence-corrected chi connectivity index (χ2v) is 4.00. The molecule has 0 atom stereocenters. The van der Waals surface area contributed by atoms with Crippen LogP contribution in [0.1, 0.15) is 6.92 Å². The number of benzene rings is 1. The van der Waals surface area contributed by atoms with Gasteiger partial charge < -0.3 is 5.32 Å². The Morgan fingerprint density at radius 1 is 1.29 bits per heavy atom. The summed E-state index contributed by atoms with van der Waals surface area (Å²) in [5, 5.41) is 3.25. The number of aromatic nitrogens is 1. The van der Waals surface area contributed by atoms with E-state index in [4.69, 9.17) is 11.6 Å². The van der Waals surface area contributed by atoms with Gasteiger partial charge in [-0.3, -0.25) is 9.78 Å². The predicted octanol–water partition coefficient (Wildman–Crippen LogP) is 3.36. The van der Waals surface area contributed by atoms with Crippen molar-refractivity contribution in [3.05, 3.63) is 47.6 Å². The topological polar surface area (TPSA) is 42.0 Å². The molecule has 3 nitrogen and oxygen atoms in total. The average molecular weight is 247 g/mol. The summed E-state index contributed by atoms with van der Waals surface area (Å²) in [5.74, 6) is -0.119. The normalized spacial score (nSPS) is 10.0. The van der Waals surface area contributed by atoms with Crippen molar-refractivity contribution in [3.63, 3.8) is 0 Å². The van der Waals surface area contributed by atoms with Crippen molar-refractivity contribution in [3.8, 4) is 11.3 Å². The number of carbonyl (C=O) groups is 1. The van der Waals surface area contributed by atoms with Crippen LogP contribution >= 0.6 is 11.6 Å². The first-order valence-corrected chi connectivity index (χ1v) is 5.53. The number of halogens is 1. The number of pyridine rings is 1. The smallest absolute Gasteiger partial charge is 0.221 e. The van der Waals surface area contributed by atoms with Crippen molar-refractivity contribution in [2.24, 2.45) is 0 Å². The van der Waals surface area contributed by atoms with Crippen LogP contribution in [0.15, 0.2) is 42.6 Å². The molecule has 0 aliphatic carbocycles. The molecule has 0 saturated carbocycles. The molecule has 0 saturated heterocycles. The zero-order chi connectivity index (χ0) is 12.3. The summed E-state index contributed by atoms with van der Waals surface area (Å²) >= 11 is 6.16. The molecule has 0 aliphatic rings. The second kappa shape index (κ2) is 4.97. The molecule has 1 amide bonds. The molecular weight excluding hydrogens is 236 g/mol. The number of hydrogen-bond acceptors (Lipinski definition) is 2. The standard InChI is InChI=1S/C13H11ClN2O/c1-9(17)16-10-5-6-11(12(14)8-10)13-4-2-3-7-15-13/h2-8H,1H3,(H,16,17). The van der Waals surface area contributed by atoms with Crippen LogP contribution in [0.4, 0.5) is 5.69 Å². The Morgan fingerprint density at radius 3 is 2.71 bits per heavy atom. The molecule has 1 heterocycles. The quantitative estimate of drug-likeness (QED) is 0.883. The Bertz CT molecular complexity index is 540. The van der Waals surface area contributed by atoms with Gasteiger partial charge in [0.05, 0.1) is 10.7 Å². The van der Waals surface area contributed by atoms with Crippen molar-refractivity contribution < 1.29 is 4.79 Å². The Balaban J connectivity index is 2.35. The van der Waals surface area contributed by atoms with E-state index >= 15 is 0 Å². The van der Waals surface area contributed by atoms with Gasteiger partial charge in [0.1, 0.15) is 0 Å². The zero-order valence-electron chi connectivity index (χ0n) is 9.27. The molecular formula is C13H11ClN2O. The monoisotopic (exact) mass is 246 g/mol. The lowest BCUT2D eigenvalue weighted by molar-refractivity contribution is -0.114. The van der Waals surface area contributed by atoms with E-state index < -0.39 is 0 Å². The van der Waals surface area contributed by atoms with E-state index in [0.717, 1.165) is 11.3 Å². The SMILES string of the molecule is CC(=O)Nc1ccc(-c2ccccn2)c(Cl)c1. The van der Waals surface area contributed by atoms with Crippen LogP contribution in [0.2, 0.25) is 5.02 Å². The van der Waals surface area contributed by atoms with E-state index in [-0.39, 0.29) is 5.91 Å². The average Bonchev–Trinajstić information content (AvgIpc) is 2.29. The number of rotatable bonds is 2. The molecule has 1 N–H and O–H groups in total. The van der Waals surface area contributed by atoms with E-state index in [1.165, 1.54) is 6.92 Å². The highest BCUT2D eigenvalue weighted by molar-refractivity contribution is 6.33. The van der Waals surface area contributed by atoms with Gasteiger partial charge in [-0.2, -0.15) is 0 Å². The number of hydrogen-bond donors (Lipinski definition) is 1. The van der Waals surface area contributed by atoms with Gasteiger partial charge in [0, 0.05) is 24.4 Å². The van der Waals surface area contributed by atoms with Crippen molar-refractivity contribution in [2.75, 3.05) is 5.32 Å². The molecule has 0 aliphatic heterocycles. The van der Waals surface area contributed by atoms with E-state index in [1.54, 1.807) is 18.3 Å². The first-order chi connectivity index (χ1) is 8.16. The number of carbonyl (C=O) groups excluding carboxylic acids is 1. The van der Waals surface area contributed by atoms with Gasteiger partial charge in [-0.25, -0.2) is 0 Å². The molecule has 0 bridgehead atoms. The van der Waals surface area contributed by atoms with Gasteiger partial charge in [0.2, 0.25) is 5.91 Å². The fraction of sp³-hybridized carbons (Fsp3) is 0.0769. The number of anilines is 1. The van der Waals surface area contributed by atoms with Crippen LogP contribution in [0, 0.1) is 0 Å². The molecule has 0 spiro atoms. The molecule has 4 heteroatoms. The highest BCUT2D eigenvalue weighted by Gasteiger charge is 2.05. The van der Waals surface area contributed by atoms with Gasteiger partial charge in [0.15, 0.2) is 0 Å². The first-order valence-electron chi connectivity index (χ1n) is 5.15. The molecule has 17 heavy (non-hydrogen) atoms. The van der Waals surface area contributed by atoms with Crippen LogP contribution in [0.3, 0.4) is 0 Å². The third-order valence-corrected chi connectivity index (χ3v) is 2.54. The largest absolute Gasteiger partial charge is 0.326 e. The number of nitrogens with one attached hydrogen (secondary N) is 1. The number of nitrogens with zero attached hydrogens (tertiary/aromatic N) is 1. The molecule has 0 unspecified atom stereocenters. The Hall–Kier alpha value is -1.87. The van der Waals surface area contributed by atoms with Gasteiger partial charge in [-0.1, -0.05) is 17.7 Å². The fourth-order valence-corrected chi connectivity index (χ4v) is 1.80. The number of amides is 1. The maximum Gasteiger partial charge on any atom is 0.221 e. The highest BCUT2D eigenvalue weighted by atomic mass is 35.5. The van der Waals surface area contributed by atoms with E-state index in [1.807, 2.05) is 24.3 Å². The Kier molecular flexibility index (Phi) is 3.40. The van der Waals surface area contributed by atoms with Crippen molar-refractivity contribution in [2.45, 2.75) is 6.92 Å². The van der Waals surface area contributed by atoms with Crippen LogP contribution < -0.4 is 5.32 Å². The van der Waals surface area contributed by atoms with Gasteiger partial charge in [-0.15, -0.1) is 0 Å². The third kappa shape index (κ3) is 2.82. The molecule has 1 aromatic heterocycles. The second-order valence-electron chi connectivity index (χ2n) is 3.59.